The van der Waals surface area contributed by atoms with Gasteiger partial charge in [0.25, 0.3) is 5.92 Å². The van der Waals surface area contributed by atoms with Gasteiger partial charge in [-0.25, -0.2) is 0 Å². The average molecular weight is 318 g/mol. The van der Waals surface area contributed by atoms with E-state index in [-0.39, 0.29) is 12.1 Å². The van der Waals surface area contributed by atoms with Crippen molar-refractivity contribution in [2.75, 3.05) is 25.0 Å². The summed E-state index contributed by atoms with van der Waals surface area (Å²) in [7, 11) is 0. The maximum atomic E-state index is 14.1. The van der Waals surface area contributed by atoms with Crippen molar-refractivity contribution >= 4 is 15.9 Å². The standard InChI is InChI=1S/C14H18BrF2N/c15-10-12-6-8-18(9-7-12)11-14(16,17)13-4-2-1-3-5-13/h1-5,12H,6-11H2. The van der Waals surface area contributed by atoms with Crippen LogP contribution in [0, 0.1) is 5.92 Å². The summed E-state index contributed by atoms with van der Waals surface area (Å²) >= 11 is 3.46. The van der Waals surface area contributed by atoms with Crippen LogP contribution < -0.4 is 0 Å². The zero-order valence-electron chi connectivity index (χ0n) is 10.3. The van der Waals surface area contributed by atoms with Crippen LogP contribution in [0.2, 0.25) is 0 Å². The second kappa shape index (κ2) is 6.11. The van der Waals surface area contributed by atoms with Crippen molar-refractivity contribution < 1.29 is 8.78 Å². The van der Waals surface area contributed by atoms with Gasteiger partial charge in [-0.05, 0) is 31.8 Å². The molecule has 0 bridgehead atoms. The predicted molar refractivity (Wildman–Crippen MR) is 73.3 cm³/mol. The fraction of sp³-hybridized carbons (Fsp3) is 0.571. The lowest BCUT2D eigenvalue weighted by Gasteiger charge is -2.33. The Balaban J connectivity index is 1.93. The SMILES string of the molecule is FC(F)(CN1CCC(CBr)CC1)c1ccccc1. The molecule has 1 aromatic carbocycles. The van der Waals surface area contributed by atoms with Crippen LogP contribution in [0.3, 0.4) is 0 Å². The first-order valence-corrected chi connectivity index (χ1v) is 7.45. The lowest BCUT2D eigenvalue weighted by molar-refractivity contribution is -0.0439. The van der Waals surface area contributed by atoms with Gasteiger partial charge in [0.1, 0.15) is 0 Å². The molecule has 100 valence electrons. The Bertz CT molecular complexity index is 361. The largest absolute Gasteiger partial charge is 0.297 e. The van der Waals surface area contributed by atoms with Gasteiger partial charge < -0.3 is 0 Å². The summed E-state index contributed by atoms with van der Waals surface area (Å²) in [5.74, 6) is -2.10. The number of alkyl halides is 3. The Hall–Kier alpha value is -0.480. The molecule has 0 saturated carbocycles. The maximum absolute atomic E-state index is 14.1. The Morgan fingerprint density at radius 2 is 1.78 bits per heavy atom. The van der Waals surface area contributed by atoms with Crippen molar-refractivity contribution in [2.45, 2.75) is 18.8 Å². The fourth-order valence-corrected chi connectivity index (χ4v) is 3.00. The van der Waals surface area contributed by atoms with Crippen LogP contribution in [0.25, 0.3) is 0 Å². The van der Waals surface area contributed by atoms with Gasteiger partial charge in [-0.1, -0.05) is 46.3 Å². The molecular formula is C14H18BrF2N. The number of rotatable bonds is 4. The van der Waals surface area contributed by atoms with Gasteiger partial charge >= 0.3 is 0 Å². The van der Waals surface area contributed by atoms with E-state index in [2.05, 4.69) is 15.9 Å². The molecule has 1 fully saturated rings. The molecule has 0 unspecified atom stereocenters. The van der Waals surface area contributed by atoms with Crippen LogP contribution in [0.1, 0.15) is 18.4 Å². The molecule has 0 amide bonds. The Kier molecular flexibility index (Phi) is 4.73. The highest BCUT2D eigenvalue weighted by Gasteiger charge is 2.34. The topological polar surface area (TPSA) is 3.24 Å². The van der Waals surface area contributed by atoms with E-state index < -0.39 is 5.92 Å². The van der Waals surface area contributed by atoms with Crippen molar-refractivity contribution in [3.63, 3.8) is 0 Å². The van der Waals surface area contributed by atoms with Crippen LogP contribution in [-0.4, -0.2) is 29.9 Å². The highest BCUT2D eigenvalue weighted by atomic mass is 79.9. The number of hydrogen-bond acceptors (Lipinski definition) is 1. The smallest absolute Gasteiger partial charge is 0.285 e. The third kappa shape index (κ3) is 3.51. The van der Waals surface area contributed by atoms with Gasteiger partial charge in [-0.2, -0.15) is 8.78 Å². The second-order valence-electron chi connectivity index (χ2n) is 4.94. The highest BCUT2D eigenvalue weighted by Crippen LogP contribution is 2.30. The quantitative estimate of drug-likeness (QED) is 0.762. The normalized spacial score (nSPS) is 19.1. The summed E-state index contributed by atoms with van der Waals surface area (Å²) in [6.07, 6.45) is 2.02. The summed E-state index contributed by atoms with van der Waals surface area (Å²) in [5.41, 5.74) is 0.118. The maximum Gasteiger partial charge on any atom is 0.285 e. The predicted octanol–water partition coefficient (Wildman–Crippen LogP) is 3.89. The third-order valence-corrected chi connectivity index (χ3v) is 4.46. The van der Waals surface area contributed by atoms with E-state index in [4.69, 9.17) is 0 Å². The van der Waals surface area contributed by atoms with E-state index in [1.54, 1.807) is 18.2 Å². The molecule has 0 aromatic heterocycles. The minimum absolute atomic E-state index is 0.118. The molecule has 1 aromatic rings. The van der Waals surface area contributed by atoms with Crippen LogP contribution in [0.15, 0.2) is 30.3 Å². The van der Waals surface area contributed by atoms with E-state index in [9.17, 15) is 8.78 Å². The molecule has 1 aliphatic heterocycles. The van der Waals surface area contributed by atoms with E-state index in [1.165, 1.54) is 12.1 Å². The molecule has 1 saturated heterocycles. The minimum atomic E-state index is -2.75. The highest BCUT2D eigenvalue weighted by molar-refractivity contribution is 9.09. The van der Waals surface area contributed by atoms with E-state index in [0.29, 0.717) is 5.92 Å². The first-order valence-electron chi connectivity index (χ1n) is 6.33. The van der Waals surface area contributed by atoms with Crippen LogP contribution in [-0.2, 0) is 5.92 Å². The van der Waals surface area contributed by atoms with E-state index >= 15 is 0 Å². The molecule has 0 spiro atoms. The number of piperidine rings is 1. The average Bonchev–Trinajstić information content (AvgIpc) is 2.40. The lowest BCUT2D eigenvalue weighted by Crippen LogP contribution is -2.40. The molecule has 0 N–H and O–H groups in total. The molecule has 0 atom stereocenters. The molecule has 1 heterocycles. The summed E-state index contributed by atoms with van der Waals surface area (Å²) in [6.45, 7) is 1.39. The lowest BCUT2D eigenvalue weighted by atomic mass is 9.98. The van der Waals surface area contributed by atoms with Crippen molar-refractivity contribution in [1.82, 2.24) is 4.90 Å². The number of hydrogen-bond donors (Lipinski definition) is 0. The Morgan fingerprint density at radius 3 is 2.33 bits per heavy atom. The number of benzene rings is 1. The van der Waals surface area contributed by atoms with Crippen molar-refractivity contribution in [3.8, 4) is 0 Å². The first kappa shape index (κ1) is 13.9. The summed E-state index contributed by atoms with van der Waals surface area (Å²) in [4.78, 5) is 1.88. The minimum Gasteiger partial charge on any atom is -0.297 e. The van der Waals surface area contributed by atoms with Crippen LogP contribution >= 0.6 is 15.9 Å². The fourth-order valence-electron chi connectivity index (χ4n) is 2.35. The number of likely N-dealkylation sites (tertiary alicyclic amines) is 1. The van der Waals surface area contributed by atoms with Gasteiger partial charge in [-0.3, -0.25) is 4.90 Å². The monoisotopic (exact) mass is 317 g/mol. The summed E-state index contributed by atoms with van der Waals surface area (Å²) in [6, 6.07) is 8.11. The van der Waals surface area contributed by atoms with Crippen molar-refractivity contribution in [1.29, 1.82) is 0 Å². The van der Waals surface area contributed by atoms with Gasteiger partial charge in [-0.15, -0.1) is 0 Å². The number of nitrogens with zero attached hydrogens (tertiary/aromatic N) is 1. The van der Waals surface area contributed by atoms with Crippen LogP contribution in [0.5, 0.6) is 0 Å². The molecular weight excluding hydrogens is 300 g/mol. The molecule has 2 rings (SSSR count). The molecule has 1 nitrogen and oxygen atoms in total. The van der Waals surface area contributed by atoms with E-state index in [0.717, 1.165) is 31.3 Å². The first-order chi connectivity index (χ1) is 8.62. The van der Waals surface area contributed by atoms with Gasteiger partial charge in [0.05, 0.1) is 6.54 Å². The second-order valence-corrected chi connectivity index (χ2v) is 5.59. The van der Waals surface area contributed by atoms with E-state index in [1.807, 2.05) is 4.90 Å². The van der Waals surface area contributed by atoms with Gasteiger partial charge in [0.15, 0.2) is 0 Å². The Labute approximate surface area is 115 Å². The molecule has 18 heavy (non-hydrogen) atoms. The van der Waals surface area contributed by atoms with Gasteiger partial charge in [0, 0.05) is 10.9 Å². The Morgan fingerprint density at radius 1 is 1.17 bits per heavy atom. The summed E-state index contributed by atoms with van der Waals surface area (Å²) in [5, 5.41) is 0.982. The van der Waals surface area contributed by atoms with Crippen molar-refractivity contribution in [3.05, 3.63) is 35.9 Å². The molecule has 0 aliphatic carbocycles. The molecule has 4 heteroatoms. The van der Waals surface area contributed by atoms with Crippen LogP contribution in [0.4, 0.5) is 8.78 Å². The number of halogens is 3. The molecule has 0 radical (unpaired) electrons. The zero-order chi connectivity index (χ0) is 13.0. The third-order valence-electron chi connectivity index (χ3n) is 3.54. The van der Waals surface area contributed by atoms with Gasteiger partial charge in [0.2, 0.25) is 0 Å². The van der Waals surface area contributed by atoms with Crippen molar-refractivity contribution in [2.24, 2.45) is 5.92 Å². The molecule has 1 aliphatic rings. The summed E-state index contributed by atoms with van der Waals surface area (Å²) < 4.78 is 28.1. The zero-order valence-corrected chi connectivity index (χ0v) is 11.9.